The summed E-state index contributed by atoms with van der Waals surface area (Å²) in [6.07, 6.45) is 3.92. The van der Waals surface area contributed by atoms with Crippen molar-refractivity contribution in [1.82, 2.24) is 10.6 Å². The van der Waals surface area contributed by atoms with Gasteiger partial charge >= 0.3 is 18.0 Å². The zero-order valence-electron chi connectivity index (χ0n) is 13.9. The highest BCUT2D eigenvalue weighted by Crippen LogP contribution is 2.17. The van der Waals surface area contributed by atoms with E-state index in [1.807, 2.05) is 0 Å². The minimum atomic E-state index is -0.734. The molecule has 8 heteroatoms. The smallest absolute Gasteiger partial charge is 0.338 e. The zero-order chi connectivity index (χ0) is 18.2. The Morgan fingerprint density at radius 2 is 1.56 bits per heavy atom. The van der Waals surface area contributed by atoms with Crippen LogP contribution in [-0.2, 0) is 14.3 Å². The zero-order valence-corrected chi connectivity index (χ0v) is 13.9. The van der Waals surface area contributed by atoms with Crippen molar-refractivity contribution in [1.29, 1.82) is 0 Å². The number of rotatable bonds is 5. The van der Waals surface area contributed by atoms with Crippen LogP contribution in [0.4, 0.5) is 4.79 Å². The first kappa shape index (κ1) is 18.4. The largest absolute Gasteiger partial charge is 0.465 e. The minimum absolute atomic E-state index is 0.0867. The Hall–Kier alpha value is -2.90. The molecule has 3 amide bonds. The fourth-order valence-electron chi connectivity index (χ4n) is 2.53. The monoisotopic (exact) mass is 348 g/mol. The second-order valence-corrected chi connectivity index (χ2v) is 5.65. The molecule has 1 aromatic rings. The molecular formula is C17H20N2O6. The third-order valence-electron chi connectivity index (χ3n) is 3.82. The van der Waals surface area contributed by atoms with Crippen LogP contribution in [0.15, 0.2) is 24.3 Å². The first-order chi connectivity index (χ1) is 12.0. The molecule has 0 aliphatic heterocycles. The Bertz CT molecular complexity index is 650. The molecule has 1 saturated carbocycles. The first-order valence-electron chi connectivity index (χ1n) is 7.95. The van der Waals surface area contributed by atoms with Gasteiger partial charge in [-0.05, 0) is 37.1 Å². The van der Waals surface area contributed by atoms with Crippen LogP contribution >= 0.6 is 0 Å². The van der Waals surface area contributed by atoms with E-state index in [1.54, 1.807) is 0 Å². The van der Waals surface area contributed by atoms with Crippen LogP contribution in [0.2, 0.25) is 0 Å². The van der Waals surface area contributed by atoms with E-state index in [0.717, 1.165) is 25.7 Å². The summed E-state index contributed by atoms with van der Waals surface area (Å²) in [5.74, 6) is -1.97. The lowest BCUT2D eigenvalue weighted by atomic mass is 10.1. The summed E-state index contributed by atoms with van der Waals surface area (Å²) < 4.78 is 9.39. The summed E-state index contributed by atoms with van der Waals surface area (Å²) in [6.45, 7) is -0.574. The van der Waals surface area contributed by atoms with Crippen molar-refractivity contribution in [3.63, 3.8) is 0 Å². The molecule has 1 aliphatic carbocycles. The summed E-state index contributed by atoms with van der Waals surface area (Å²) in [6, 6.07) is 5.10. The van der Waals surface area contributed by atoms with E-state index < -0.39 is 30.5 Å². The molecule has 0 unspecified atom stereocenters. The van der Waals surface area contributed by atoms with Crippen molar-refractivity contribution < 1.29 is 28.7 Å². The van der Waals surface area contributed by atoms with Crippen molar-refractivity contribution in [2.45, 2.75) is 31.7 Å². The maximum absolute atomic E-state index is 11.8. The molecule has 8 nitrogen and oxygen atoms in total. The van der Waals surface area contributed by atoms with Gasteiger partial charge in [0.15, 0.2) is 6.61 Å². The number of nitrogens with one attached hydrogen (secondary N) is 2. The van der Waals surface area contributed by atoms with Gasteiger partial charge in [-0.15, -0.1) is 0 Å². The number of ether oxygens (including phenoxy) is 2. The van der Waals surface area contributed by atoms with Crippen molar-refractivity contribution in [3.05, 3.63) is 35.4 Å². The van der Waals surface area contributed by atoms with Crippen LogP contribution in [0.1, 0.15) is 46.4 Å². The number of esters is 2. The van der Waals surface area contributed by atoms with E-state index in [0.29, 0.717) is 5.56 Å². The fourth-order valence-corrected chi connectivity index (χ4v) is 2.53. The normalized spacial score (nSPS) is 13.8. The van der Waals surface area contributed by atoms with Crippen molar-refractivity contribution in [3.8, 4) is 0 Å². The third-order valence-corrected chi connectivity index (χ3v) is 3.82. The molecule has 134 valence electrons. The predicted molar refractivity (Wildman–Crippen MR) is 87.0 cm³/mol. The molecule has 0 saturated heterocycles. The fraction of sp³-hybridized carbons (Fsp3) is 0.412. The molecule has 1 aliphatic rings. The van der Waals surface area contributed by atoms with Crippen molar-refractivity contribution in [2.75, 3.05) is 13.7 Å². The van der Waals surface area contributed by atoms with Crippen LogP contribution in [-0.4, -0.2) is 43.6 Å². The molecule has 1 aromatic carbocycles. The SMILES string of the molecule is COC(=O)c1ccc(C(=O)OCC(=O)NC(=O)NC2CCCC2)cc1. The van der Waals surface area contributed by atoms with Crippen LogP contribution in [0.3, 0.4) is 0 Å². The molecule has 25 heavy (non-hydrogen) atoms. The minimum Gasteiger partial charge on any atom is -0.465 e. The van der Waals surface area contributed by atoms with Gasteiger partial charge in [0.05, 0.1) is 18.2 Å². The van der Waals surface area contributed by atoms with Gasteiger partial charge in [-0.1, -0.05) is 12.8 Å². The quantitative estimate of drug-likeness (QED) is 0.778. The molecule has 0 heterocycles. The van der Waals surface area contributed by atoms with Crippen LogP contribution < -0.4 is 10.6 Å². The predicted octanol–water partition coefficient (Wildman–Crippen LogP) is 1.40. The lowest BCUT2D eigenvalue weighted by molar-refractivity contribution is -0.123. The highest BCUT2D eigenvalue weighted by Gasteiger charge is 2.19. The lowest BCUT2D eigenvalue weighted by Crippen LogP contribution is -2.44. The van der Waals surface area contributed by atoms with Gasteiger partial charge in [0, 0.05) is 6.04 Å². The van der Waals surface area contributed by atoms with Crippen LogP contribution in [0, 0.1) is 0 Å². The van der Waals surface area contributed by atoms with Gasteiger partial charge in [-0.2, -0.15) is 0 Å². The van der Waals surface area contributed by atoms with E-state index in [1.165, 1.54) is 31.4 Å². The van der Waals surface area contributed by atoms with Gasteiger partial charge in [0.25, 0.3) is 5.91 Å². The molecule has 0 spiro atoms. The van der Waals surface area contributed by atoms with Gasteiger partial charge < -0.3 is 14.8 Å². The Labute approximate surface area is 144 Å². The number of carbonyl (C=O) groups is 4. The number of amides is 3. The number of methoxy groups -OCH3 is 1. The first-order valence-corrected chi connectivity index (χ1v) is 7.95. The molecule has 2 rings (SSSR count). The van der Waals surface area contributed by atoms with Crippen LogP contribution in [0.25, 0.3) is 0 Å². The van der Waals surface area contributed by atoms with Gasteiger partial charge in [0.2, 0.25) is 0 Å². The number of carbonyl (C=O) groups excluding carboxylic acids is 4. The van der Waals surface area contributed by atoms with Gasteiger partial charge in [-0.3, -0.25) is 10.1 Å². The molecule has 0 aromatic heterocycles. The summed E-state index contributed by atoms with van der Waals surface area (Å²) in [4.78, 5) is 46.4. The highest BCUT2D eigenvalue weighted by molar-refractivity contribution is 5.97. The standard InChI is InChI=1S/C17H20N2O6/c1-24-15(21)11-6-8-12(9-7-11)16(22)25-10-14(20)19-17(23)18-13-4-2-3-5-13/h6-9,13H,2-5,10H2,1H3,(H2,18,19,20,23). The Morgan fingerprint density at radius 3 is 2.12 bits per heavy atom. The second-order valence-electron chi connectivity index (χ2n) is 5.65. The van der Waals surface area contributed by atoms with E-state index in [4.69, 9.17) is 4.74 Å². The van der Waals surface area contributed by atoms with E-state index in [9.17, 15) is 19.2 Å². The van der Waals surface area contributed by atoms with Crippen molar-refractivity contribution >= 4 is 23.9 Å². The summed E-state index contributed by atoms with van der Waals surface area (Å²) in [7, 11) is 1.26. The third kappa shape index (κ3) is 5.59. The Kier molecular flexibility index (Phi) is 6.50. The van der Waals surface area contributed by atoms with Gasteiger partial charge in [-0.25, -0.2) is 14.4 Å². The average Bonchev–Trinajstić information content (AvgIpc) is 3.11. The molecule has 2 N–H and O–H groups in total. The number of hydrogen-bond acceptors (Lipinski definition) is 6. The number of imide groups is 1. The topological polar surface area (TPSA) is 111 Å². The van der Waals surface area contributed by atoms with Gasteiger partial charge in [0.1, 0.15) is 0 Å². The molecule has 0 bridgehead atoms. The average molecular weight is 348 g/mol. The molecule has 1 fully saturated rings. The Balaban J connectivity index is 1.75. The lowest BCUT2D eigenvalue weighted by Gasteiger charge is -2.12. The number of hydrogen-bond donors (Lipinski definition) is 2. The summed E-state index contributed by atoms with van der Waals surface area (Å²) in [5, 5.41) is 4.81. The van der Waals surface area contributed by atoms with Crippen molar-refractivity contribution in [2.24, 2.45) is 0 Å². The van der Waals surface area contributed by atoms with E-state index in [2.05, 4.69) is 15.4 Å². The number of urea groups is 1. The highest BCUT2D eigenvalue weighted by atomic mass is 16.5. The maximum Gasteiger partial charge on any atom is 0.338 e. The molecule has 0 radical (unpaired) electrons. The summed E-state index contributed by atoms with van der Waals surface area (Å²) in [5.41, 5.74) is 0.469. The number of benzene rings is 1. The molecular weight excluding hydrogens is 328 g/mol. The maximum atomic E-state index is 11.8. The van der Waals surface area contributed by atoms with Crippen LogP contribution in [0.5, 0.6) is 0 Å². The second kappa shape index (κ2) is 8.81. The Morgan fingerprint density at radius 1 is 1.00 bits per heavy atom. The summed E-state index contributed by atoms with van der Waals surface area (Å²) >= 11 is 0. The van der Waals surface area contributed by atoms with E-state index >= 15 is 0 Å². The molecule has 0 atom stereocenters. The van der Waals surface area contributed by atoms with E-state index in [-0.39, 0.29) is 11.6 Å².